The molecule has 3 nitrogen and oxygen atoms in total. The SMILES string of the molecule is O=C(Cc1cccs1)NCC1CCN(c2ccc(F)cc2)C1. The van der Waals surface area contributed by atoms with Crippen LogP contribution in [0.2, 0.25) is 0 Å². The first-order valence-corrected chi connectivity index (χ1v) is 8.38. The third-order valence-corrected chi connectivity index (χ3v) is 4.86. The molecule has 22 heavy (non-hydrogen) atoms. The van der Waals surface area contributed by atoms with E-state index in [1.54, 1.807) is 11.3 Å². The summed E-state index contributed by atoms with van der Waals surface area (Å²) in [7, 11) is 0. The maximum atomic E-state index is 13.0. The first-order valence-electron chi connectivity index (χ1n) is 7.50. The maximum absolute atomic E-state index is 13.0. The zero-order valence-corrected chi connectivity index (χ0v) is 13.1. The predicted octanol–water partition coefficient (Wildman–Crippen LogP) is 3.07. The van der Waals surface area contributed by atoms with Crippen molar-refractivity contribution in [1.82, 2.24) is 5.32 Å². The molecule has 1 aromatic heterocycles. The Hall–Kier alpha value is -1.88. The standard InChI is InChI=1S/C17H19FN2OS/c18-14-3-5-15(6-4-14)20-8-7-13(12-20)11-19-17(21)10-16-2-1-9-22-16/h1-6,9,13H,7-8,10-12H2,(H,19,21). The summed E-state index contributed by atoms with van der Waals surface area (Å²) in [6.07, 6.45) is 1.52. The third kappa shape index (κ3) is 3.85. The van der Waals surface area contributed by atoms with Crippen molar-refractivity contribution in [2.45, 2.75) is 12.8 Å². The van der Waals surface area contributed by atoms with Gasteiger partial charge in [0.05, 0.1) is 6.42 Å². The van der Waals surface area contributed by atoms with Crippen molar-refractivity contribution in [2.75, 3.05) is 24.5 Å². The first-order chi connectivity index (χ1) is 10.7. The van der Waals surface area contributed by atoms with Gasteiger partial charge in [-0.25, -0.2) is 4.39 Å². The molecule has 1 fully saturated rings. The first kappa shape index (κ1) is 15.0. The summed E-state index contributed by atoms with van der Waals surface area (Å²) in [6, 6.07) is 10.6. The van der Waals surface area contributed by atoms with Crippen molar-refractivity contribution in [3.63, 3.8) is 0 Å². The third-order valence-electron chi connectivity index (χ3n) is 3.98. The van der Waals surface area contributed by atoms with Crippen LogP contribution in [0, 0.1) is 11.7 Å². The van der Waals surface area contributed by atoms with Crippen LogP contribution >= 0.6 is 11.3 Å². The van der Waals surface area contributed by atoms with E-state index in [1.165, 1.54) is 12.1 Å². The fraction of sp³-hybridized carbons (Fsp3) is 0.353. The van der Waals surface area contributed by atoms with Crippen molar-refractivity contribution in [1.29, 1.82) is 0 Å². The molecular weight excluding hydrogens is 299 g/mol. The molecule has 0 aliphatic carbocycles. The number of anilines is 1. The zero-order chi connectivity index (χ0) is 15.4. The molecule has 2 aromatic rings. The summed E-state index contributed by atoms with van der Waals surface area (Å²) >= 11 is 1.61. The van der Waals surface area contributed by atoms with E-state index in [0.29, 0.717) is 18.9 Å². The lowest BCUT2D eigenvalue weighted by Gasteiger charge is -2.18. The maximum Gasteiger partial charge on any atom is 0.225 e. The largest absolute Gasteiger partial charge is 0.371 e. The number of rotatable bonds is 5. The van der Waals surface area contributed by atoms with E-state index in [1.807, 2.05) is 29.6 Å². The number of hydrogen-bond donors (Lipinski definition) is 1. The van der Waals surface area contributed by atoms with Gasteiger partial charge in [-0.3, -0.25) is 4.79 Å². The molecule has 1 aliphatic rings. The van der Waals surface area contributed by atoms with E-state index in [9.17, 15) is 9.18 Å². The number of nitrogens with one attached hydrogen (secondary N) is 1. The Labute approximate surface area is 133 Å². The van der Waals surface area contributed by atoms with E-state index in [2.05, 4.69) is 10.2 Å². The molecule has 116 valence electrons. The quantitative estimate of drug-likeness (QED) is 0.919. The normalized spacial score (nSPS) is 17.7. The number of amides is 1. The molecule has 3 rings (SSSR count). The fourth-order valence-corrected chi connectivity index (χ4v) is 3.48. The Kier molecular flexibility index (Phi) is 4.73. The van der Waals surface area contributed by atoms with E-state index >= 15 is 0 Å². The highest BCUT2D eigenvalue weighted by Crippen LogP contribution is 2.23. The van der Waals surface area contributed by atoms with Crippen molar-refractivity contribution in [3.05, 3.63) is 52.5 Å². The van der Waals surface area contributed by atoms with Crippen molar-refractivity contribution in [3.8, 4) is 0 Å². The van der Waals surface area contributed by atoms with E-state index in [-0.39, 0.29) is 11.7 Å². The molecule has 0 saturated carbocycles. The lowest BCUT2D eigenvalue weighted by atomic mass is 10.1. The van der Waals surface area contributed by atoms with Crippen LogP contribution in [0.15, 0.2) is 41.8 Å². The van der Waals surface area contributed by atoms with Crippen LogP contribution in [0.3, 0.4) is 0 Å². The molecule has 1 atom stereocenters. The zero-order valence-electron chi connectivity index (χ0n) is 12.3. The number of nitrogens with zero attached hydrogens (tertiary/aromatic N) is 1. The number of halogens is 1. The minimum atomic E-state index is -0.208. The summed E-state index contributed by atoms with van der Waals surface area (Å²) in [5.41, 5.74) is 1.05. The molecule has 2 heterocycles. The smallest absolute Gasteiger partial charge is 0.225 e. The lowest BCUT2D eigenvalue weighted by molar-refractivity contribution is -0.120. The molecule has 1 aromatic carbocycles. The van der Waals surface area contributed by atoms with Gasteiger partial charge in [-0.2, -0.15) is 0 Å². The van der Waals surface area contributed by atoms with E-state index in [0.717, 1.165) is 30.1 Å². The highest BCUT2D eigenvalue weighted by Gasteiger charge is 2.23. The molecule has 1 saturated heterocycles. The van der Waals surface area contributed by atoms with Crippen molar-refractivity contribution in [2.24, 2.45) is 5.92 Å². The summed E-state index contributed by atoms with van der Waals surface area (Å²) in [4.78, 5) is 15.2. The fourth-order valence-electron chi connectivity index (χ4n) is 2.78. The minimum absolute atomic E-state index is 0.0858. The minimum Gasteiger partial charge on any atom is -0.371 e. The number of hydrogen-bond acceptors (Lipinski definition) is 3. The predicted molar refractivity (Wildman–Crippen MR) is 87.8 cm³/mol. The summed E-state index contributed by atoms with van der Waals surface area (Å²) < 4.78 is 13.0. The molecule has 1 amide bonds. The summed E-state index contributed by atoms with van der Waals surface area (Å²) in [5.74, 6) is 0.334. The second-order valence-corrected chi connectivity index (χ2v) is 6.67. The van der Waals surface area contributed by atoms with E-state index < -0.39 is 0 Å². The molecule has 1 unspecified atom stereocenters. The van der Waals surface area contributed by atoms with Crippen molar-refractivity contribution >= 4 is 22.9 Å². The van der Waals surface area contributed by atoms with Crippen LogP contribution in [0.5, 0.6) is 0 Å². The number of thiophene rings is 1. The van der Waals surface area contributed by atoms with Crippen molar-refractivity contribution < 1.29 is 9.18 Å². The van der Waals surface area contributed by atoms with E-state index in [4.69, 9.17) is 0 Å². The Bertz CT molecular complexity index is 612. The van der Waals surface area contributed by atoms with Crippen LogP contribution in [0.25, 0.3) is 0 Å². The van der Waals surface area contributed by atoms with Gasteiger partial charge in [0.25, 0.3) is 0 Å². The van der Waals surface area contributed by atoms with Gasteiger partial charge < -0.3 is 10.2 Å². The molecule has 1 N–H and O–H groups in total. The topological polar surface area (TPSA) is 32.3 Å². The monoisotopic (exact) mass is 318 g/mol. The number of carbonyl (C=O) groups is 1. The van der Waals surface area contributed by atoms with Crippen LogP contribution in [-0.2, 0) is 11.2 Å². The second-order valence-electron chi connectivity index (χ2n) is 5.64. The van der Waals surface area contributed by atoms with Crippen LogP contribution in [-0.4, -0.2) is 25.5 Å². The molecular formula is C17H19FN2OS. The van der Waals surface area contributed by atoms with Gasteiger partial charge in [0.15, 0.2) is 0 Å². The summed E-state index contributed by atoms with van der Waals surface area (Å²) in [6.45, 7) is 2.57. The number of carbonyl (C=O) groups excluding carboxylic acids is 1. The lowest BCUT2D eigenvalue weighted by Crippen LogP contribution is -2.31. The second kappa shape index (κ2) is 6.92. The van der Waals surface area contributed by atoms with Gasteiger partial charge in [0.2, 0.25) is 5.91 Å². The van der Waals surface area contributed by atoms with Crippen LogP contribution in [0.4, 0.5) is 10.1 Å². The Morgan fingerprint density at radius 1 is 1.32 bits per heavy atom. The highest BCUT2D eigenvalue weighted by atomic mass is 32.1. The van der Waals surface area contributed by atoms with Gasteiger partial charge in [-0.05, 0) is 48.1 Å². The molecule has 0 bridgehead atoms. The van der Waals surface area contributed by atoms with Gasteiger partial charge in [-0.15, -0.1) is 11.3 Å². The van der Waals surface area contributed by atoms with Gasteiger partial charge in [-0.1, -0.05) is 6.07 Å². The molecule has 1 aliphatic heterocycles. The van der Waals surface area contributed by atoms with Gasteiger partial charge in [0, 0.05) is 30.2 Å². The Balaban J connectivity index is 1.45. The average Bonchev–Trinajstić information content (AvgIpc) is 3.17. The van der Waals surface area contributed by atoms with Crippen LogP contribution < -0.4 is 10.2 Å². The average molecular weight is 318 g/mol. The van der Waals surface area contributed by atoms with Crippen LogP contribution in [0.1, 0.15) is 11.3 Å². The summed E-state index contributed by atoms with van der Waals surface area (Å²) in [5, 5.41) is 5.01. The highest BCUT2D eigenvalue weighted by molar-refractivity contribution is 7.10. The molecule has 5 heteroatoms. The Morgan fingerprint density at radius 2 is 2.14 bits per heavy atom. The number of benzene rings is 1. The van der Waals surface area contributed by atoms with Gasteiger partial charge >= 0.3 is 0 Å². The molecule has 0 spiro atoms. The Morgan fingerprint density at radius 3 is 2.86 bits per heavy atom. The van der Waals surface area contributed by atoms with Gasteiger partial charge in [0.1, 0.15) is 5.82 Å². The molecule has 0 radical (unpaired) electrons.